The molecule has 0 spiro atoms. The van der Waals surface area contributed by atoms with E-state index in [2.05, 4.69) is 21.2 Å². The highest BCUT2D eigenvalue weighted by Gasteiger charge is 2.12. The number of halogens is 1. The van der Waals surface area contributed by atoms with E-state index < -0.39 is 11.8 Å². The first-order valence-electron chi connectivity index (χ1n) is 9.88. The number of nitrogens with zero attached hydrogens (tertiary/aromatic N) is 1. The van der Waals surface area contributed by atoms with Gasteiger partial charge in [0.25, 0.3) is 5.91 Å². The fourth-order valence-corrected chi connectivity index (χ4v) is 2.70. The van der Waals surface area contributed by atoms with Gasteiger partial charge in [0, 0.05) is 16.4 Å². The minimum Gasteiger partial charge on any atom is -0.484 e. The first-order chi connectivity index (χ1) is 15.9. The fraction of sp³-hybridized carbons (Fsp3) is 0.0833. The number of hydrogen-bond acceptors (Lipinski definition) is 5. The van der Waals surface area contributed by atoms with E-state index in [1.807, 2.05) is 19.1 Å². The predicted octanol–water partition coefficient (Wildman–Crippen LogP) is 3.75. The van der Waals surface area contributed by atoms with E-state index in [-0.39, 0.29) is 12.5 Å². The lowest BCUT2D eigenvalue weighted by Gasteiger charge is -2.08. The van der Waals surface area contributed by atoms with E-state index in [9.17, 15) is 14.4 Å². The maximum Gasteiger partial charge on any atom is 0.329 e. The Balaban J connectivity index is 1.42. The number of carbonyl (C=O) groups is 3. The van der Waals surface area contributed by atoms with Gasteiger partial charge in [-0.1, -0.05) is 29.3 Å². The molecule has 3 aromatic rings. The first-order valence-corrected chi connectivity index (χ1v) is 10.3. The van der Waals surface area contributed by atoms with Crippen molar-refractivity contribution in [3.05, 3.63) is 88.9 Å². The number of aryl methyl sites for hydroxylation is 1. The molecule has 0 aromatic heterocycles. The molecule has 3 aromatic carbocycles. The van der Waals surface area contributed by atoms with Gasteiger partial charge in [0.2, 0.25) is 0 Å². The minimum absolute atomic E-state index is 0.164. The summed E-state index contributed by atoms with van der Waals surface area (Å²) in [6, 6.07) is 20.5. The third kappa shape index (κ3) is 7.79. The van der Waals surface area contributed by atoms with Gasteiger partial charge in [0.15, 0.2) is 6.61 Å². The third-order valence-electron chi connectivity index (χ3n) is 4.27. The molecule has 168 valence electrons. The Labute approximate surface area is 195 Å². The number of benzene rings is 3. The maximum atomic E-state index is 12.0. The molecule has 33 heavy (non-hydrogen) atoms. The largest absolute Gasteiger partial charge is 0.484 e. The summed E-state index contributed by atoms with van der Waals surface area (Å²) in [6.07, 6.45) is 1.38. The molecule has 0 atom stereocenters. The molecular weight excluding hydrogens is 444 g/mol. The zero-order chi connectivity index (χ0) is 23.6. The van der Waals surface area contributed by atoms with Crippen molar-refractivity contribution in [2.24, 2.45) is 5.10 Å². The highest BCUT2D eigenvalue weighted by molar-refractivity contribution is 6.39. The second-order valence-electron chi connectivity index (χ2n) is 6.93. The maximum absolute atomic E-state index is 12.0. The van der Waals surface area contributed by atoms with Crippen LogP contribution in [0.25, 0.3) is 0 Å². The van der Waals surface area contributed by atoms with Crippen molar-refractivity contribution in [1.29, 1.82) is 0 Å². The Morgan fingerprint density at radius 2 is 1.45 bits per heavy atom. The van der Waals surface area contributed by atoms with Crippen LogP contribution in [-0.4, -0.2) is 30.5 Å². The van der Waals surface area contributed by atoms with Crippen molar-refractivity contribution in [3.63, 3.8) is 0 Å². The van der Waals surface area contributed by atoms with Gasteiger partial charge in [0.1, 0.15) is 5.75 Å². The van der Waals surface area contributed by atoms with E-state index in [1.54, 1.807) is 60.7 Å². The quantitative estimate of drug-likeness (QED) is 0.281. The van der Waals surface area contributed by atoms with Crippen LogP contribution in [0.2, 0.25) is 5.02 Å². The summed E-state index contributed by atoms with van der Waals surface area (Å²) in [7, 11) is 0. The molecule has 3 amide bonds. The molecule has 0 bridgehead atoms. The molecule has 0 unspecified atom stereocenters. The summed E-state index contributed by atoms with van der Waals surface area (Å²) in [5.41, 5.74) is 5.01. The van der Waals surface area contributed by atoms with Crippen LogP contribution < -0.4 is 20.8 Å². The molecule has 8 nitrogen and oxygen atoms in total. The smallest absolute Gasteiger partial charge is 0.329 e. The van der Waals surface area contributed by atoms with Crippen LogP contribution in [0.4, 0.5) is 11.4 Å². The number of carbonyl (C=O) groups excluding carboxylic acids is 3. The van der Waals surface area contributed by atoms with Gasteiger partial charge in [-0.25, -0.2) is 5.43 Å². The molecule has 3 rings (SSSR count). The third-order valence-corrected chi connectivity index (χ3v) is 4.53. The second-order valence-corrected chi connectivity index (χ2v) is 7.37. The molecule has 0 radical (unpaired) electrons. The van der Waals surface area contributed by atoms with Crippen LogP contribution in [0.15, 0.2) is 77.9 Å². The zero-order valence-corrected chi connectivity index (χ0v) is 18.4. The van der Waals surface area contributed by atoms with Gasteiger partial charge in [-0.15, -0.1) is 0 Å². The van der Waals surface area contributed by atoms with E-state index in [1.165, 1.54) is 6.21 Å². The van der Waals surface area contributed by atoms with Crippen LogP contribution in [0.5, 0.6) is 5.75 Å². The van der Waals surface area contributed by atoms with Crippen LogP contribution in [0.3, 0.4) is 0 Å². The number of rotatable bonds is 7. The lowest BCUT2D eigenvalue weighted by molar-refractivity contribution is -0.136. The van der Waals surface area contributed by atoms with Crippen LogP contribution in [-0.2, 0) is 14.4 Å². The Hall–Kier alpha value is -4.17. The highest BCUT2D eigenvalue weighted by atomic mass is 35.5. The Morgan fingerprint density at radius 1 is 0.848 bits per heavy atom. The lowest BCUT2D eigenvalue weighted by atomic mass is 10.2. The summed E-state index contributed by atoms with van der Waals surface area (Å²) in [5, 5.41) is 9.54. The minimum atomic E-state index is -0.890. The predicted molar refractivity (Wildman–Crippen MR) is 128 cm³/mol. The number of amides is 3. The Morgan fingerprint density at radius 3 is 2.12 bits per heavy atom. The molecule has 0 aliphatic rings. The number of anilines is 2. The second kappa shape index (κ2) is 11.4. The molecule has 0 aliphatic heterocycles. The summed E-state index contributed by atoms with van der Waals surface area (Å²) in [5.74, 6) is -1.54. The van der Waals surface area contributed by atoms with Gasteiger partial charge in [-0.3, -0.25) is 14.4 Å². The SMILES string of the molecule is Cc1ccc(NC(=O)C(=O)N/N=C\c2ccc(OCC(=O)Nc3ccc(Cl)cc3)cc2)cc1. The van der Waals surface area contributed by atoms with E-state index in [0.29, 0.717) is 27.7 Å². The number of hydrogen-bond donors (Lipinski definition) is 3. The van der Waals surface area contributed by atoms with E-state index in [4.69, 9.17) is 16.3 Å². The molecule has 9 heteroatoms. The Kier molecular flexibility index (Phi) is 8.15. The van der Waals surface area contributed by atoms with Crippen molar-refractivity contribution in [3.8, 4) is 5.75 Å². The molecule has 0 heterocycles. The van der Waals surface area contributed by atoms with Crippen molar-refractivity contribution in [2.45, 2.75) is 6.92 Å². The molecule has 0 fully saturated rings. The van der Waals surface area contributed by atoms with Gasteiger partial charge in [-0.05, 0) is 73.2 Å². The highest BCUT2D eigenvalue weighted by Crippen LogP contribution is 2.14. The molecule has 0 saturated carbocycles. The standard InChI is InChI=1S/C24H21ClN4O4/c1-16-2-8-20(9-3-16)28-23(31)24(32)29-26-14-17-4-12-21(13-5-17)33-15-22(30)27-19-10-6-18(25)7-11-19/h2-14H,15H2,1H3,(H,27,30)(H,28,31)(H,29,32)/b26-14-. The number of ether oxygens (including phenoxy) is 1. The van der Waals surface area contributed by atoms with Gasteiger partial charge in [0.05, 0.1) is 6.21 Å². The monoisotopic (exact) mass is 464 g/mol. The van der Waals surface area contributed by atoms with Crippen molar-refractivity contribution < 1.29 is 19.1 Å². The van der Waals surface area contributed by atoms with Crippen molar-refractivity contribution in [2.75, 3.05) is 17.2 Å². The summed E-state index contributed by atoms with van der Waals surface area (Å²) in [6.45, 7) is 1.76. The fourth-order valence-electron chi connectivity index (χ4n) is 2.57. The Bertz CT molecular complexity index is 1140. The van der Waals surface area contributed by atoms with Crippen molar-refractivity contribution in [1.82, 2.24) is 5.43 Å². The van der Waals surface area contributed by atoms with E-state index in [0.717, 1.165) is 5.56 Å². The normalized spacial score (nSPS) is 10.5. The topological polar surface area (TPSA) is 109 Å². The van der Waals surface area contributed by atoms with Crippen LogP contribution >= 0.6 is 11.6 Å². The summed E-state index contributed by atoms with van der Waals surface area (Å²) < 4.78 is 5.45. The average Bonchev–Trinajstić information content (AvgIpc) is 2.81. The van der Waals surface area contributed by atoms with E-state index >= 15 is 0 Å². The van der Waals surface area contributed by atoms with Crippen LogP contribution in [0.1, 0.15) is 11.1 Å². The zero-order valence-electron chi connectivity index (χ0n) is 17.7. The number of nitrogens with one attached hydrogen (secondary N) is 3. The van der Waals surface area contributed by atoms with Gasteiger partial charge in [-0.2, -0.15) is 5.10 Å². The molecular formula is C24H21ClN4O4. The number of hydrazone groups is 1. The molecule has 3 N–H and O–H groups in total. The summed E-state index contributed by atoms with van der Waals surface area (Å²) >= 11 is 5.81. The average molecular weight is 465 g/mol. The molecule has 0 aliphatic carbocycles. The van der Waals surface area contributed by atoms with Crippen molar-refractivity contribution >= 4 is 46.9 Å². The van der Waals surface area contributed by atoms with Gasteiger partial charge < -0.3 is 15.4 Å². The first kappa shape index (κ1) is 23.5. The summed E-state index contributed by atoms with van der Waals surface area (Å²) in [4.78, 5) is 35.7. The lowest BCUT2D eigenvalue weighted by Crippen LogP contribution is -2.32. The molecule has 0 saturated heterocycles. The van der Waals surface area contributed by atoms with Crippen LogP contribution in [0, 0.1) is 6.92 Å². The van der Waals surface area contributed by atoms with Gasteiger partial charge >= 0.3 is 11.8 Å².